The summed E-state index contributed by atoms with van der Waals surface area (Å²) in [6.07, 6.45) is 7.32. The van der Waals surface area contributed by atoms with Crippen LogP contribution in [0.25, 0.3) is 0 Å². The van der Waals surface area contributed by atoms with E-state index in [2.05, 4.69) is 61.8 Å². The van der Waals surface area contributed by atoms with Crippen LogP contribution in [0.5, 0.6) is 5.75 Å². The molecule has 0 N–H and O–H groups in total. The summed E-state index contributed by atoms with van der Waals surface area (Å²) >= 11 is 0. The molecule has 5 rings (SSSR count). The van der Waals surface area contributed by atoms with Crippen LogP contribution < -0.4 is 4.52 Å². The van der Waals surface area contributed by atoms with Gasteiger partial charge >= 0.3 is 8.53 Å². The topological polar surface area (TPSA) is 21.7 Å². The van der Waals surface area contributed by atoms with E-state index >= 15 is 0 Å². The van der Waals surface area contributed by atoms with Gasteiger partial charge in [-0.3, -0.25) is 0 Å². The lowest BCUT2D eigenvalue weighted by molar-refractivity contribution is 0.152. The standard InChI is InChI=1S/C25H32NO2P/c1-4-26(17(2)3)29-27-22-15-13-18-9-5-7-11-20(18)24(22)25-21-12-8-6-10-19(21)14-16-23(25)28-29/h5,7,9,11,14,16-17,22,24H,4,6,8,10,12-13,15H2,1-3H3/t22?,24-,29?/m1/s1. The average Bonchev–Trinajstić information content (AvgIpc) is 2.91. The Morgan fingerprint density at radius 1 is 1.03 bits per heavy atom. The predicted octanol–water partition coefficient (Wildman–Crippen LogP) is 6.38. The van der Waals surface area contributed by atoms with Crippen molar-refractivity contribution in [2.75, 3.05) is 6.54 Å². The maximum atomic E-state index is 6.83. The molecule has 0 amide bonds. The van der Waals surface area contributed by atoms with Gasteiger partial charge in [-0.25, -0.2) is 4.67 Å². The third-order valence-corrected chi connectivity index (χ3v) is 8.81. The number of benzene rings is 2. The lowest BCUT2D eigenvalue weighted by Gasteiger charge is -2.36. The molecule has 3 atom stereocenters. The van der Waals surface area contributed by atoms with Crippen molar-refractivity contribution in [1.82, 2.24) is 4.67 Å². The number of nitrogens with zero attached hydrogens (tertiary/aromatic N) is 1. The summed E-state index contributed by atoms with van der Waals surface area (Å²) in [7, 11) is -1.10. The van der Waals surface area contributed by atoms with Gasteiger partial charge in [-0.15, -0.1) is 0 Å². The molecule has 2 aliphatic carbocycles. The summed E-state index contributed by atoms with van der Waals surface area (Å²) in [5.41, 5.74) is 7.46. The highest BCUT2D eigenvalue weighted by atomic mass is 31.2. The van der Waals surface area contributed by atoms with Gasteiger partial charge in [0.15, 0.2) is 0 Å². The molecular formula is C25H32NO2P. The first kappa shape index (κ1) is 19.5. The van der Waals surface area contributed by atoms with E-state index in [1.807, 2.05) is 0 Å². The first-order valence-electron chi connectivity index (χ1n) is 11.3. The summed E-state index contributed by atoms with van der Waals surface area (Å²) in [6.45, 7) is 7.63. The van der Waals surface area contributed by atoms with Crippen molar-refractivity contribution >= 4 is 8.53 Å². The van der Waals surface area contributed by atoms with Crippen molar-refractivity contribution < 1.29 is 9.05 Å². The minimum atomic E-state index is -1.10. The Kier molecular flexibility index (Phi) is 5.41. The van der Waals surface area contributed by atoms with Crippen LogP contribution in [0, 0.1) is 0 Å². The highest BCUT2D eigenvalue weighted by Gasteiger charge is 2.42. The van der Waals surface area contributed by atoms with Crippen LogP contribution in [-0.2, 0) is 23.8 Å². The van der Waals surface area contributed by atoms with Crippen LogP contribution in [0.3, 0.4) is 0 Å². The van der Waals surface area contributed by atoms with E-state index in [4.69, 9.17) is 9.05 Å². The molecule has 2 unspecified atom stereocenters. The van der Waals surface area contributed by atoms with Gasteiger partial charge in [0, 0.05) is 24.1 Å². The molecule has 1 aliphatic heterocycles. The van der Waals surface area contributed by atoms with Crippen molar-refractivity contribution in [3.63, 3.8) is 0 Å². The second kappa shape index (κ2) is 8.02. The van der Waals surface area contributed by atoms with Gasteiger partial charge < -0.3 is 9.05 Å². The van der Waals surface area contributed by atoms with Gasteiger partial charge in [0.25, 0.3) is 0 Å². The van der Waals surface area contributed by atoms with E-state index in [0.717, 1.165) is 25.1 Å². The van der Waals surface area contributed by atoms with Crippen molar-refractivity contribution in [2.24, 2.45) is 0 Å². The largest absolute Gasteiger partial charge is 0.435 e. The number of hydrogen-bond acceptors (Lipinski definition) is 3. The molecule has 0 saturated carbocycles. The van der Waals surface area contributed by atoms with Crippen molar-refractivity contribution in [1.29, 1.82) is 0 Å². The number of rotatable bonds is 3. The summed E-state index contributed by atoms with van der Waals surface area (Å²) in [5.74, 6) is 1.36. The normalized spacial score (nSPS) is 25.5. The van der Waals surface area contributed by atoms with Crippen molar-refractivity contribution in [2.45, 2.75) is 77.4 Å². The zero-order valence-electron chi connectivity index (χ0n) is 17.9. The van der Waals surface area contributed by atoms with Gasteiger partial charge in [0.05, 0.1) is 6.10 Å². The van der Waals surface area contributed by atoms with E-state index in [-0.39, 0.29) is 6.10 Å². The van der Waals surface area contributed by atoms with Gasteiger partial charge in [-0.2, -0.15) is 0 Å². The Morgan fingerprint density at radius 2 is 1.86 bits per heavy atom. The highest BCUT2D eigenvalue weighted by molar-refractivity contribution is 7.45. The second-order valence-electron chi connectivity index (χ2n) is 8.86. The molecule has 0 spiro atoms. The molecule has 0 radical (unpaired) electrons. The van der Waals surface area contributed by atoms with Crippen molar-refractivity contribution in [3.05, 3.63) is 64.2 Å². The van der Waals surface area contributed by atoms with Gasteiger partial charge in [0.2, 0.25) is 0 Å². The third kappa shape index (κ3) is 3.42. The zero-order chi connectivity index (χ0) is 20.0. The van der Waals surface area contributed by atoms with E-state index in [9.17, 15) is 0 Å². The van der Waals surface area contributed by atoms with E-state index < -0.39 is 8.53 Å². The molecule has 154 valence electrons. The molecule has 2 aromatic rings. The molecule has 2 aromatic carbocycles. The average molecular weight is 410 g/mol. The molecule has 0 bridgehead atoms. The van der Waals surface area contributed by atoms with Crippen LogP contribution >= 0.6 is 8.53 Å². The third-order valence-electron chi connectivity index (χ3n) is 6.84. The molecule has 3 aliphatic rings. The zero-order valence-corrected chi connectivity index (χ0v) is 18.8. The van der Waals surface area contributed by atoms with Gasteiger partial charge in [-0.1, -0.05) is 37.3 Å². The van der Waals surface area contributed by atoms with E-state index in [0.29, 0.717) is 12.0 Å². The van der Waals surface area contributed by atoms with Gasteiger partial charge in [0.1, 0.15) is 5.75 Å². The molecule has 29 heavy (non-hydrogen) atoms. The van der Waals surface area contributed by atoms with Gasteiger partial charge in [-0.05, 0) is 80.7 Å². The highest BCUT2D eigenvalue weighted by Crippen LogP contribution is 2.57. The second-order valence-corrected chi connectivity index (χ2v) is 10.2. The number of hydrogen-bond donors (Lipinski definition) is 0. The fourth-order valence-corrected chi connectivity index (χ4v) is 7.11. The summed E-state index contributed by atoms with van der Waals surface area (Å²) in [5, 5.41) is 0. The fourth-order valence-electron chi connectivity index (χ4n) is 5.44. The maximum absolute atomic E-state index is 6.83. The maximum Gasteiger partial charge on any atom is 0.321 e. The molecule has 3 nitrogen and oxygen atoms in total. The first-order valence-corrected chi connectivity index (χ1v) is 12.4. The Labute approximate surface area is 176 Å². The predicted molar refractivity (Wildman–Crippen MR) is 120 cm³/mol. The smallest absolute Gasteiger partial charge is 0.321 e. The number of fused-ring (bicyclic) bond motifs is 7. The fraction of sp³-hybridized carbons (Fsp3) is 0.520. The minimum Gasteiger partial charge on any atom is -0.435 e. The quantitative estimate of drug-likeness (QED) is 0.549. The van der Waals surface area contributed by atoms with E-state index in [1.165, 1.54) is 47.9 Å². The van der Waals surface area contributed by atoms with E-state index in [1.54, 1.807) is 5.56 Å². The summed E-state index contributed by atoms with van der Waals surface area (Å²) in [4.78, 5) is 0. The minimum absolute atomic E-state index is 0.193. The van der Waals surface area contributed by atoms with Crippen LogP contribution in [0.2, 0.25) is 0 Å². The molecule has 0 aromatic heterocycles. The Morgan fingerprint density at radius 3 is 2.69 bits per heavy atom. The summed E-state index contributed by atoms with van der Waals surface area (Å²) in [6, 6.07) is 14.0. The van der Waals surface area contributed by atoms with Crippen LogP contribution in [0.1, 0.15) is 73.8 Å². The van der Waals surface area contributed by atoms with Crippen LogP contribution in [0.15, 0.2) is 36.4 Å². The molecule has 0 fully saturated rings. The summed E-state index contributed by atoms with van der Waals surface area (Å²) < 4.78 is 15.9. The lowest BCUT2D eigenvalue weighted by atomic mass is 9.73. The molecule has 4 heteroatoms. The Bertz CT molecular complexity index is 896. The van der Waals surface area contributed by atoms with Crippen LogP contribution in [-0.4, -0.2) is 23.4 Å². The lowest BCUT2D eigenvalue weighted by Crippen LogP contribution is -2.32. The van der Waals surface area contributed by atoms with Crippen LogP contribution in [0.4, 0.5) is 0 Å². The SMILES string of the molecule is CCN(C(C)C)P1Oc2ccc3c(c2[C@@H]2c4ccccc4CCC2O1)CCCC3. The Hall–Kier alpha value is -1.41. The Balaban J connectivity index is 1.68. The monoisotopic (exact) mass is 409 g/mol. The number of aryl methyl sites for hydroxylation is 2. The van der Waals surface area contributed by atoms with Crippen molar-refractivity contribution in [3.8, 4) is 5.75 Å². The molecule has 1 heterocycles. The molecular weight excluding hydrogens is 377 g/mol. The molecule has 0 saturated heterocycles. The first-order chi connectivity index (χ1) is 14.2.